The molecule has 1 aliphatic rings. The van der Waals surface area contributed by atoms with Crippen molar-refractivity contribution in [2.45, 2.75) is 25.9 Å². The van der Waals surface area contributed by atoms with Gasteiger partial charge in [-0.2, -0.15) is 5.26 Å². The van der Waals surface area contributed by atoms with Crippen LogP contribution in [0.25, 0.3) is 11.2 Å². The van der Waals surface area contributed by atoms with Crippen molar-refractivity contribution in [3.63, 3.8) is 0 Å². The predicted molar refractivity (Wildman–Crippen MR) is 94.8 cm³/mol. The fourth-order valence-corrected chi connectivity index (χ4v) is 3.12. The Bertz CT molecular complexity index is 1080. The largest absolute Gasteiger partial charge is 0.479 e. The van der Waals surface area contributed by atoms with Gasteiger partial charge in [0, 0.05) is 30.6 Å². The van der Waals surface area contributed by atoms with Gasteiger partial charge in [0.2, 0.25) is 5.65 Å². The van der Waals surface area contributed by atoms with Crippen LogP contribution in [0.1, 0.15) is 28.8 Å². The number of hydrogen-bond acceptors (Lipinski definition) is 8. The summed E-state index contributed by atoms with van der Waals surface area (Å²) in [5.74, 6) is 0.211. The van der Waals surface area contributed by atoms with Gasteiger partial charge in [-0.1, -0.05) is 6.07 Å². The zero-order valence-corrected chi connectivity index (χ0v) is 14.5. The molecular formula is C18H16N6O3. The fourth-order valence-electron chi connectivity index (χ4n) is 3.12. The molecule has 1 saturated heterocycles. The number of fused-ring (bicyclic) bond motifs is 1. The van der Waals surface area contributed by atoms with Crippen LogP contribution in [-0.2, 0) is 11.2 Å². The highest BCUT2D eigenvalue weighted by atomic mass is 16.6. The Kier molecular flexibility index (Phi) is 4.08. The molecule has 9 nitrogen and oxygen atoms in total. The van der Waals surface area contributed by atoms with Crippen molar-refractivity contribution in [2.75, 3.05) is 12.3 Å². The van der Waals surface area contributed by atoms with Crippen LogP contribution in [0.5, 0.6) is 5.75 Å². The number of pyridine rings is 1. The van der Waals surface area contributed by atoms with Gasteiger partial charge >= 0.3 is 0 Å². The van der Waals surface area contributed by atoms with E-state index in [4.69, 9.17) is 15.1 Å². The first-order valence-electron chi connectivity index (χ1n) is 8.41. The third-order valence-corrected chi connectivity index (χ3v) is 4.58. The van der Waals surface area contributed by atoms with Gasteiger partial charge in [0.05, 0.1) is 11.3 Å². The van der Waals surface area contributed by atoms with Crippen LogP contribution in [0.2, 0.25) is 0 Å². The minimum absolute atomic E-state index is 0.169. The van der Waals surface area contributed by atoms with Crippen LogP contribution in [0, 0.1) is 18.3 Å². The first-order chi connectivity index (χ1) is 13.1. The number of nitrogens with two attached hydrogens (primary N) is 1. The third kappa shape index (κ3) is 3.01. The quantitative estimate of drug-likeness (QED) is 0.704. The van der Waals surface area contributed by atoms with Crippen LogP contribution >= 0.6 is 0 Å². The summed E-state index contributed by atoms with van der Waals surface area (Å²) in [5, 5.41) is 19.6. The van der Waals surface area contributed by atoms with E-state index in [9.17, 15) is 10.1 Å². The molecule has 1 amide bonds. The van der Waals surface area contributed by atoms with Gasteiger partial charge in [0.25, 0.3) is 5.91 Å². The van der Waals surface area contributed by atoms with Crippen LogP contribution in [0.15, 0.2) is 22.8 Å². The van der Waals surface area contributed by atoms with Crippen LogP contribution in [0.3, 0.4) is 0 Å². The molecule has 0 bridgehead atoms. The molecule has 3 aromatic rings. The fraction of sp³-hybridized carbons (Fsp3) is 0.278. The lowest BCUT2D eigenvalue weighted by Gasteiger charge is -2.14. The number of amides is 1. The number of anilines is 1. The van der Waals surface area contributed by atoms with Crippen molar-refractivity contribution < 1.29 is 14.2 Å². The van der Waals surface area contributed by atoms with Crippen molar-refractivity contribution in [2.24, 2.45) is 0 Å². The molecule has 1 atom stereocenters. The zero-order valence-electron chi connectivity index (χ0n) is 14.5. The average molecular weight is 364 g/mol. The molecule has 3 heterocycles. The molecule has 3 N–H and O–H groups in total. The minimum atomic E-state index is -0.585. The van der Waals surface area contributed by atoms with E-state index in [1.54, 1.807) is 12.1 Å². The number of carbonyl (C=O) groups is 1. The van der Waals surface area contributed by atoms with Crippen LogP contribution < -0.4 is 15.8 Å². The van der Waals surface area contributed by atoms with Gasteiger partial charge in [-0.3, -0.25) is 4.79 Å². The van der Waals surface area contributed by atoms with Gasteiger partial charge in [-0.25, -0.2) is 9.61 Å². The summed E-state index contributed by atoms with van der Waals surface area (Å²) >= 11 is 0. The average Bonchev–Trinajstić information content (AvgIpc) is 3.28. The first kappa shape index (κ1) is 16.8. The summed E-state index contributed by atoms with van der Waals surface area (Å²) in [5.41, 5.74) is 10.2. The number of aromatic nitrogens is 3. The highest BCUT2D eigenvalue weighted by Crippen LogP contribution is 2.28. The van der Waals surface area contributed by atoms with Gasteiger partial charge < -0.3 is 15.8 Å². The number of carbonyl (C=O) groups excluding carboxylic acids is 1. The maximum atomic E-state index is 11.8. The Balaban J connectivity index is 1.68. The number of rotatable bonds is 4. The summed E-state index contributed by atoms with van der Waals surface area (Å²) in [7, 11) is 0. The lowest BCUT2D eigenvalue weighted by atomic mass is 10.00. The number of benzene rings is 1. The van der Waals surface area contributed by atoms with Crippen molar-refractivity contribution in [1.82, 2.24) is 20.6 Å². The molecule has 1 fully saturated rings. The molecule has 0 aliphatic carbocycles. The lowest BCUT2D eigenvalue weighted by Crippen LogP contribution is -2.27. The monoisotopic (exact) mass is 364 g/mol. The molecule has 136 valence electrons. The smallest absolute Gasteiger partial charge is 0.261 e. The Labute approximate surface area is 154 Å². The Morgan fingerprint density at radius 3 is 3.04 bits per heavy atom. The second kappa shape index (κ2) is 6.57. The van der Waals surface area contributed by atoms with Crippen molar-refractivity contribution in [3.8, 4) is 11.8 Å². The molecule has 0 spiro atoms. The van der Waals surface area contributed by atoms with Crippen LogP contribution in [0.4, 0.5) is 5.69 Å². The predicted octanol–water partition coefficient (Wildman–Crippen LogP) is 1.24. The summed E-state index contributed by atoms with van der Waals surface area (Å²) in [6.45, 7) is 2.40. The second-order valence-electron chi connectivity index (χ2n) is 6.33. The number of nitrogen functional groups attached to an aromatic ring is 1. The maximum absolute atomic E-state index is 11.8. The van der Waals surface area contributed by atoms with E-state index in [1.807, 2.05) is 13.0 Å². The topological polar surface area (TPSA) is 140 Å². The Morgan fingerprint density at radius 1 is 1.44 bits per heavy atom. The summed E-state index contributed by atoms with van der Waals surface area (Å²) in [6.07, 6.45) is 0.449. The van der Waals surface area contributed by atoms with Crippen molar-refractivity contribution >= 4 is 22.8 Å². The van der Waals surface area contributed by atoms with E-state index in [-0.39, 0.29) is 5.91 Å². The number of hydrogen-bond donors (Lipinski definition) is 2. The van der Waals surface area contributed by atoms with Gasteiger partial charge in [0.1, 0.15) is 11.8 Å². The van der Waals surface area contributed by atoms with Gasteiger partial charge in [-0.05, 0) is 34.9 Å². The normalized spacial score (nSPS) is 16.3. The molecule has 0 saturated carbocycles. The molecule has 0 radical (unpaired) electrons. The standard InChI is InChI=1S/C18H16N6O3/c1-9-12(15(20)16-17(22-9)24-27-23-16)6-10-2-3-11(8-19)14(7-10)26-13-4-5-21-18(13)25/h2-3,7,13H,4-6,20H2,1H3,(H,21,25). The summed E-state index contributed by atoms with van der Waals surface area (Å²) in [6, 6.07) is 7.35. The van der Waals surface area contributed by atoms with E-state index in [1.165, 1.54) is 0 Å². The number of ether oxygens (including phenoxy) is 1. The first-order valence-corrected chi connectivity index (χ1v) is 8.41. The number of nitrogens with zero attached hydrogens (tertiary/aromatic N) is 4. The molecular weight excluding hydrogens is 348 g/mol. The van der Waals surface area contributed by atoms with E-state index in [0.717, 1.165) is 16.8 Å². The number of nitrogens with one attached hydrogen (secondary N) is 1. The van der Waals surface area contributed by atoms with E-state index in [2.05, 4.69) is 26.7 Å². The van der Waals surface area contributed by atoms with E-state index < -0.39 is 6.10 Å². The lowest BCUT2D eigenvalue weighted by molar-refractivity contribution is -0.124. The number of aryl methyl sites for hydroxylation is 1. The summed E-state index contributed by atoms with van der Waals surface area (Å²) in [4.78, 5) is 16.1. The molecule has 9 heteroatoms. The molecule has 1 aliphatic heterocycles. The Hall–Kier alpha value is -3.67. The van der Waals surface area contributed by atoms with E-state index in [0.29, 0.717) is 47.6 Å². The molecule has 1 unspecified atom stereocenters. The highest BCUT2D eigenvalue weighted by Gasteiger charge is 2.27. The maximum Gasteiger partial charge on any atom is 0.261 e. The highest BCUT2D eigenvalue weighted by molar-refractivity contribution is 5.85. The molecule has 27 heavy (non-hydrogen) atoms. The van der Waals surface area contributed by atoms with E-state index >= 15 is 0 Å². The SMILES string of the molecule is Cc1nc2nonc2c(N)c1Cc1ccc(C#N)c(OC2CCNC2=O)c1. The van der Waals surface area contributed by atoms with Crippen LogP contribution in [-0.4, -0.2) is 33.9 Å². The summed E-state index contributed by atoms with van der Waals surface area (Å²) < 4.78 is 10.5. The molecule has 4 rings (SSSR count). The van der Waals surface area contributed by atoms with Crippen molar-refractivity contribution in [1.29, 1.82) is 5.26 Å². The minimum Gasteiger partial charge on any atom is -0.479 e. The molecule has 2 aromatic heterocycles. The third-order valence-electron chi connectivity index (χ3n) is 4.58. The Morgan fingerprint density at radius 2 is 2.30 bits per heavy atom. The van der Waals surface area contributed by atoms with Crippen molar-refractivity contribution in [3.05, 3.63) is 40.6 Å². The molecule has 1 aromatic carbocycles. The van der Waals surface area contributed by atoms with Gasteiger partial charge in [0.15, 0.2) is 11.6 Å². The number of nitriles is 1. The van der Waals surface area contributed by atoms with Gasteiger partial charge in [-0.15, -0.1) is 0 Å². The zero-order chi connectivity index (χ0) is 19.0. The second-order valence-corrected chi connectivity index (χ2v) is 6.33.